The number of nitrogens with two attached hydrogens (primary N) is 1. The summed E-state index contributed by atoms with van der Waals surface area (Å²) < 4.78 is 22.5. The molecule has 7 heteroatoms. The summed E-state index contributed by atoms with van der Waals surface area (Å²) in [5, 5.41) is 11.0. The van der Waals surface area contributed by atoms with Crippen molar-refractivity contribution in [2.75, 3.05) is 5.32 Å². The lowest BCUT2D eigenvalue weighted by Crippen LogP contribution is -2.11. The highest BCUT2D eigenvalue weighted by Gasteiger charge is 2.08. The first-order chi connectivity index (χ1) is 10.9. The number of thiazole rings is 1. The second kappa shape index (κ2) is 6.11. The lowest BCUT2D eigenvalue weighted by molar-refractivity contribution is 0.598. The molecule has 3 aromatic rings. The molecule has 0 amide bonds. The van der Waals surface area contributed by atoms with Crippen molar-refractivity contribution < 1.29 is 8.42 Å². The number of aromatic nitrogens is 1. The third-order valence-electron chi connectivity index (χ3n) is 3.29. The average molecular weight is 345 g/mol. The summed E-state index contributed by atoms with van der Waals surface area (Å²) in [6, 6.07) is 14.4. The molecule has 0 bridgehead atoms. The van der Waals surface area contributed by atoms with Crippen molar-refractivity contribution in [3.63, 3.8) is 0 Å². The topological polar surface area (TPSA) is 85.1 Å². The number of hydrogen-bond acceptors (Lipinski definition) is 5. The highest BCUT2D eigenvalue weighted by atomic mass is 32.2. The van der Waals surface area contributed by atoms with Crippen LogP contribution in [-0.4, -0.2) is 13.4 Å². The van der Waals surface area contributed by atoms with E-state index < -0.39 is 10.0 Å². The van der Waals surface area contributed by atoms with Crippen LogP contribution in [0, 0.1) is 6.92 Å². The minimum atomic E-state index is -3.67. The normalized spacial score (nSPS) is 11.4. The Balaban J connectivity index is 1.78. The maximum Gasteiger partial charge on any atom is 0.238 e. The molecule has 0 aliphatic rings. The summed E-state index contributed by atoms with van der Waals surface area (Å²) in [6.07, 6.45) is 0. The molecule has 3 rings (SSSR count). The first-order valence-corrected chi connectivity index (χ1v) is 9.27. The van der Waals surface area contributed by atoms with Gasteiger partial charge in [0.05, 0.1) is 10.6 Å². The molecular weight excluding hydrogens is 330 g/mol. The highest BCUT2D eigenvalue weighted by Crippen LogP contribution is 2.27. The molecule has 0 atom stereocenters. The molecule has 0 spiro atoms. The van der Waals surface area contributed by atoms with Crippen LogP contribution in [0.1, 0.15) is 5.56 Å². The van der Waals surface area contributed by atoms with E-state index in [4.69, 9.17) is 5.14 Å². The molecule has 0 aliphatic heterocycles. The van der Waals surface area contributed by atoms with E-state index >= 15 is 0 Å². The molecule has 3 N–H and O–H groups in total. The van der Waals surface area contributed by atoms with Gasteiger partial charge in [-0.2, -0.15) is 0 Å². The van der Waals surface area contributed by atoms with Crippen LogP contribution in [0.3, 0.4) is 0 Å². The number of rotatable bonds is 4. The number of benzene rings is 2. The summed E-state index contributed by atoms with van der Waals surface area (Å²) in [5.74, 6) is 0. The number of nitrogens with zero attached hydrogens (tertiary/aromatic N) is 1. The quantitative estimate of drug-likeness (QED) is 0.758. The van der Waals surface area contributed by atoms with Crippen molar-refractivity contribution in [3.05, 3.63) is 59.5 Å². The minimum absolute atomic E-state index is 0.0857. The number of nitrogens with one attached hydrogen (secondary N) is 1. The summed E-state index contributed by atoms with van der Waals surface area (Å²) in [4.78, 5) is 4.63. The number of aryl methyl sites for hydroxylation is 1. The van der Waals surface area contributed by atoms with Crippen LogP contribution < -0.4 is 10.5 Å². The molecule has 0 fully saturated rings. The molecule has 0 saturated heterocycles. The van der Waals surface area contributed by atoms with Crippen molar-refractivity contribution in [1.29, 1.82) is 0 Å². The Morgan fingerprint density at radius 3 is 2.30 bits per heavy atom. The van der Waals surface area contributed by atoms with Gasteiger partial charge in [-0.15, -0.1) is 11.3 Å². The fourth-order valence-electron chi connectivity index (χ4n) is 2.04. The number of sulfonamides is 1. The highest BCUT2D eigenvalue weighted by molar-refractivity contribution is 7.89. The Morgan fingerprint density at radius 1 is 1.04 bits per heavy atom. The van der Waals surface area contributed by atoms with Gasteiger partial charge in [-0.25, -0.2) is 18.5 Å². The summed E-state index contributed by atoms with van der Waals surface area (Å²) in [7, 11) is -3.67. The van der Waals surface area contributed by atoms with Gasteiger partial charge in [0, 0.05) is 16.6 Å². The minimum Gasteiger partial charge on any atom is -0.332 e. The van der Waals surface area contributed by atoms with Crippen LogP contribution in [0.5, 0.6) is 0 Å². The van der Waals surface area contributed by atoms with Gasteiger partial charge in [-0.1, -0.05) is 29.8 Å². The predicted molar refractivity (Wildman–Crippen MR) is 93.4 cm³/mol. The van der Waals surface area contributed by atoms with Crippen LogP contribution in [0.25, 0.3) is 11.3 Å². The van der Waals surface area contributed by atoms with Crippen molar-refractivity contribution in [2.45, 2.75) is 11.8 Å². The molecule has 0 radical (unpaired) electrons. The van der Waals surface area contributed by atoms with E-state index in [1.807, 2.05) is 36.6 Å². The van der Waals surface area contributed by atoms with Gasteiger partial charge in [0.1, 0.15) is 0 Å². The van der Waals surface area contributed by atoms with Crippen molar-refractivity contribution in [2.24, 2.45) is 5.14 Å². The Hall–Kier alpha value is -2.22. The largest absolute Gasteiger partial charge is 0.332 e. The molecule has 1 aromatic heterocycles. The third kappa shape index (κ3) is 3.76. The first kappa shape index (κ1) is 15.7. The predicted octanol–water partition coefficient (Wildman–Crippen LogP) is 3.51. The van der Waals surface area contributed by atoms with Gasteiger partial charge in [-0.05, 0) is 31.2 Å². The Morgan fingerprint density at radius 2 is 1.70 bits per heavy atom. The molecule has 0 aliphatic carbocycles. The number of hydrogen-bond donors (Lipinski definition) is 2. The zero-order valence-corrected chi connectivity index (χ0v) is 14.0. The van der Waals surface area contributed by atoms with E-state index in [-0.39, 0.29) is 4.90 Å². The van der Waals surface area contributed by atoms with Gasteiger partial charge in [0.2, 0.25) is 10.0 Å². The van der Waals surface area contributed by atoms with Gasteiger partial charge >= 0.3 is 0 Å². The lowest BCUT2D eigenvalue weighted by Gasteiger charge is -2.03. The second-order valence-corrected chi connectivity index (χ2v) is 7.52. The van der Waals surface area contributed by atoms with E-state index in [0.717, 1.165) is 22.1 Å². The van der Waals surface area contributed by atoms with Crippen LogP contribution in [0.2, 0.25) is 0 Å². The number of anilines is 2. The molecule has 0 saturated carbocycles. The zero-order chi connectivity index (χ0) is 16.4. The standard InChI is InChI=1S/C16H15N3O2S2/c1-11-2-4-12(5-3-11)15-10-22-16(19-15)18-13-6-8-14(9-7-13)23(17,20)21/h2-10H,1H3,(H,18,19)(H2,17,20,21). The van der Waals surface area contributed by atoms with E-state index in [1.165, 1.54) is 29.0 Å². The molecule has 5 nitrogen and oxygen atoms in total. The third-order valence-corrected chi connectivity index (χ3v) is 4.97. The molecule has 0 unspecified atom stereocenters. The Bertz CT molecular complexity index is 915. The Kier molecular flexibility index (Phi) is 4.16. The van der Waals surface area contributed by atoms with Gasteiger partial charge in [0.25, 0.3) is 0 Å². The summed E-state index contributed by atoms with van der Waals surface area (Å²) in [5.41, 5.74) is 3.92. The fourth-order valence-corrected chi connectivity index (χ4v) is 3.29. The Labute approximate surface area is 138 Å². The maximum atomic E-state index is 11.2. The lowest BCUT2D eigenvalue weighted by atomic mass is 10.1. The molecule has 1 heterocycles. The monoisotopic (exact) mass is 345 g/mol. The van der Waals surface area contributed by atoms with Crippen LogP contribution in [0.4, 0.5) is 10.8 Å². The summed E-state index contributed by atoms with van der Waals surface area (Å²) in [6.45, 7) is 2.04. The smallest absolute Gasteiger partial charge is 0.238 e. The second-order valence-electron chi connectivity index (χ2n) is 5.10. The fraction of sp³-hybridized carbons (Fsp3) is 0.0625. The maximum absolute atomic E-state index is 11.2. The van der Waals surface area contributed by atoms with Gasteiger partial charge < -0.3 is 5.32 Å². The SMILES string of the molecule is Cc1ccc(-c2csc(Nc3ccc(S(N)(=O)=O)cc3)n2)cc1. The van der Waals surface area contributed by atoms with Gasteiger partial charge in [0.15, 0.2) is 5.13 Å². The van der Waals surface area contributed by atoms with Crippen molar-refractivity contribution >= 4 is 32.2 Å². The van der Waals surface area contributed by atoms with E-state index in [0.29, 0.717) is 0 Å². The molecule has 23 heavy (non-hydrogen) atoms. The van der Waals surface area contributed by atoms with E-state index in [1.54, 1.807) is 12.1 Å². The zero-order valence-electron chi connectivity index (χ0n) is 12.4. The molecule has 2 aromatic carbocycles. The van der Waals surface area contributed by atoms with Crippen molar-refractivity contribution in [1.82, 2.24) is 4.98 Å². The van der Waals surface area contributed by atoms with E-state index in [9.17, 15) is 8.42 Å². The van der Waals surface area contributed by atoms with Crippen LogP contribution >= 0.6 is 11.3 Å². The van der Waals surface area contributed by atoms with Crippen LogP contribution in [0.15, 0.2) is 58.8 Å². The first-order valence-electron chi connectivity index (χ1n) is 6.84. The van der Waals surface area contributed by atoms with Crippen molar-refractivity contribution in [3.8, 4) is 11.3 Å². The summed E-state index contributed by atoms with van der Waals surface area (Å²) >= 11 is 1.49. The molecular formula is C16H15N3O2S2. The average Bonchev–Trinajstić information content (AvgIpc) is 2.96. The van der Waals surface area contributed by atoms with Gasteiger partial charge in [-0.3, -0.25) is 0 Å². The van der Waals surface area contributed by atoms with E-state index in [2.05, 4.69) is 10.3 Å². The molecule has 118 valence electrons. The van der Waals surface area contributed by atoms with Crippen LogP contribution in [-0.2, 0) is 10.0 Å². The number of primary sulfonamides is 1.